The number of fused-ring (bicyclic) bond motifs is 2. The molecule has 5 N–H and O–H groups in total. The lowest BCUT2D eigenvalue weighted by atomic mass is 10.0. The Bertz CT molecular complexity index is 3170. The molecule has 0 unspecified atom stereocenters. The third-order valence-electron chi connectivity index (χ3n) is 11.8. The Labute approximate surface area is 416 Å². The molecule has 4 aromatic heterocycles. The third-order valence-corrected chi connectivity index (χ3v) is 11.8. The first kappa shape index (κ1) is 51.7. The smallest absolute Gasteiger partial charge is 0.410 e. The van der Waals surface area contributed by atoms with Crippen molar-refractivity contribution in [2.24, 2.45) is 5.73 Å². The predicted octanol–water partition coefficient (Wildman–Crippen LogP) is 5.72. The number of primary amides is 1. The fourth-order valence-corrected chi connectivity index (χ4v) is 8.39. The molecule has 0 atom stereocenters. The van der Waals surface area contributed by atoms with Gasteiger partial charge in [0.2, 0.25) is 17.8 Å². The number of ether oxygens (including phenoxy) is 3. The number of methoxy groups -OCH3 is 1. The summed E-state index contributed by atoms with van der Waals surface area (Å²) in [6.07, 6.45) is 3.25. The number of rotatable bonds is 16. The Morgan fingerprint density at radius 1 is 0.750 bits per heavy atom. The molecule has 7 rings (SSSR count). The zero-order chi connectivity index (χ0) is 52.2. The van der Waals surface area contributed by atoms with Crippen LogP contribution in [0.5, 0.6) is 11.5 Å². The summed E-state index contributed by atoms with van der Waals surface area (Å²) < 4.78 is 24.1. The lowest BCUT2D eigenvalue weighted by Crippen LogP contribution is -2.55. The van der Waals surface area contributed by atoms with Crippen molar-refractivity contribution in [3.05, 3.63) is 82.5 Å². The minimum Gasteiger partial charge on any atom is -0.494 e. The fourth-order valence-electron chi connectivity index (χ4n) is 8.39. The predicted molar refractivity (Wildman–Crippen MR) is 269 cm³/mol. The lowest BCUT2D eigenvalue weighted by molar-refractivity contribution is 0.00778. The second-order valence-electron chi connectivity index (χ2n) is 18.6. The quantitative estimate of drug-likeness (QED) is 0.0669. The van der Waals surface area contributed by atoms with Crippen molar-refractivity contribution in [3.63, 3.8) is 0 Å². The van der Waals surface area contributed by atoms with Crippen molar-refractivity contribution < 1.29 is 43.3 Å². The molecule has 380 valence electrons. The molecule has 2 aromatic carbocycles. The van der Waals surface area contributed by atoms with Crippen LogP contribution in [0.15, 0.2) is 48.6 Å². The van der Waals surface area contributed by atoms with Gasteiger partial charge in [-0.1, -0.05) is 24.0 Å². The van der Waals surface area contributed by atoms with E-state index in [2.05, 4.69) is 42.6 Å². The zero-order valence-electron chi connectivity index (χ0n) is 42.2. The molecule has 0 radical (unpaired) electrons. The number of hydrogen-bond acceptors (Lipinski definition) is 13. The molecule has 22 nitrogen and oxygen atoms in total. The number of carbonyl (C=O) groups excluding carboxylic acids is 4. The van der Waals surface area contributed by atoms with Crippen LogP contribution in [0.3, 0.4) is 0 Å². The molecule has 1 aliphatic rings. The van der Waals surface area contributed by atoms with Crippen molar-refractivity contribution in [3.8, 4) is 23.3 Å². The number of carboxylic acids is 1. The lowest BCUT2D eigenvalue weighted by Gasteiger charge is -2.41. The molecule has 5 heterocycles. The number of hydrogen-bond donors (Lipinski definition) is 4. The van der Waals surface area contributed by atoms with Crippen molar-refractivity contribution in [2.45, 2.75) is 99.6 Å². The van der Waals surface area contributed by atoms with Crippen LogP contribution in [0.25, 0.3) is 22.1 Å². The number of nitrogens with one attached hydrogen (secondary N) is 2. The monoisotopic (exact) mass is 987 g/mol. The molecule has 6 aromatic rings. The summed E-state index contributed by atoms with van der Waals surface area (Å²) in [6, 6.07) is 9.14. The van der Waals surface area contributed by atoms with E-state index in [0.717, 1.165) is 0 Å². The van der Waals surface area contributed by atoms with Gasteiger partial charge in [-0.2, -0.15) is 10.2 Å². The van der Waals surface area contributed by atoms with E-state index >= 15 is 0 Å². The average Bonchev–Trinajstić information content (AvgIpc) is 4.10. The van der Waals surface area contributed by atoms with E-state index in [-0.39, 0.29) is 65.8 Å². The molecule has 1 aliphatic heterocycles. The van der Waals surface area contributed by atoms with Gasteiger partial charge in [-0.05, 0) is 98.7 Å². The number of benzene rings is 2. The normalized spacial score (nSPS) is 13.3. The average molecular weight is 988 g/mol. The Morgan fingerprint density at radius 2 is 1.25 bits per heavy atom. The van der Waals surface area contributed by atoms with Crippen LogP contribution in [0.2, 0.25) is 0 Å². The largest absolute Gasteiger partial charge is 0.494 e. The van der Waals surface area contributed by atoms with Crippen LogP contribution in [-0.2, 0) is 30.9 Å². The first-order chi connectivity index (χ1) is 34.1. The fraction of sp³-hybridized carbons (Fsp3) is 0.420. The van der Waals surface area contributed by atoms with Crippen molar-refractivity contribution in [1.29, 1.82) is 0 Å². The molecule has 22 heteroatoms. The zero-order valence-corrected chi connectivity index (χ0v) is 42.2. The van der Waals surface area contributed by atoms with Gasteiger partial charge in [0.1, 0.15) is 46.1 Å². The van der Waals surface area contributed by atoms with Crippen LogP contribution >= 0.6 is 0 Å². The van der Waals surface area contributed by atoms with Gasteiger partial charge in [0.05, 0.1) is 40.6 Å². The van der Waals surface area contributed by atoms with Crippen LogP contribution < -0.4 is 25.8 Å². The number of carbonyl (C=O) groups is 5. The van der Waals surface area contributed by atoms with Gasteiger partial charge >= 0.3 is 12.1 Å². The second-order valence-corrected chi connectivity index (χ2v) is 18.6. The standard InChI is InChI=1S/C50H61N13O9/c1-11-62-36(24-30(3)56-62)43(65)54-46-53-35-27-33(45(67)68)29-38(70-10)40(35)60(46)17-13-14-18-61-41-34(52-47(61)55-44(66)37-25-31(4)57-63(37)12-2)26-32(42(51)64)28-39(41)71-23-15-16-50(8,9)59-21-19-58(20-22-59)48(69)72-49(5,6)7/h13-14,24-29H,11-12,17-23H2,1-10H3,(H2,51,64)(H,67,68)(H,52,55,66)(H,53,54,65)/b14-13+. The van der Waals surface area contributed by atoms with Crippen LogP contribution in [-0.4, -0.2) is 134 Å². The Morgan fingerprint density at radius 3 is 1.72 bits per heavy atom. The minimum absolute atomic E-state index is 0.0572. The van der Waals surface area contributed by atoms with E-state index in [4.69, 9.17) is 24.9 Å². The van der Waals surface area contributed by atoms with Crippen molar-refractivity contribution in [1.82, 2.24) is 48.5 Å². The molecule has 0 saturated carbocycles. The summed E-state index contributed by atoms with van der Waals surface area (Å²) >= 11 is 0. The summed E-state index contributed by atoms with van der Waals surface area (Å²) in [7, 11) is 1.41. The van der Waals surface area contributed by atoms with Gasteiger partial charge in [0.25, 0.3) is 11.8 Å². The number of imidazole rings is 2. The van der Waals surface area contributed by atoms with Crippen LogP contribution in [0, 0.1) is 25.7 Å². The number of aromatic nitrogens is 8. The van der Waals surface area contributed by atoms with E-state index in [1.165, 1.54) is 31.4 Å². The van der Waals surface area contributed by atoms with Crippen molar-refractivity contribution in [2.75, 3.05) is 50.5 Å². The van der Waals surface area contributed by atoms with E-state index in [1.54, 1.807) is 61.5 Å². The molecule has 72 heavy (non-hydrogen) atoms. The number of piperazine rings is 1. The van der Waals surface area contributed by atoms with Gasteiger partial charge in [-0.25, -0.2) is 19.6 Å². The topological polar surface area (TPSA) is 261 Å². The van der Waals surface area contributed by atoms with Crippen LogP contribution in [0.4, 0.5) is 16.7 Å². The summed E-state index contributed by atoms with van der Waals surface area (Å²) in [5.74, 6) is 4.26. The van der Waals surface area contributed by atoms with Gasteiger partial charge < -0.3 is 39.1 Å². The highest BCUT2D eigenvalue weighted by Crippen LogP contribution is 2.33. The third kappa shape index (κ3) is 11.4. The van der Waals surface area contributed by atoms with Gasteiger partial charge in [-0.3, -0.25) is 39.3 Å². The maximum atomic E-state index is 13.9. The highest BCUT2D eigenvalue weighted by molar-refractivity contribution is 6.05. The van der Waals surface area contributed by atoms with E-state index < -0.39 is 34.8 Å². The molecular formula is C50H61N13O9. The van der Waals surface area contributed by atoms with E-state index in [1.807, 2.05) is 48.5 Å². The summed E-state index contributed by atoms with van der Waals surface area (Å²) in [4.78, 5) is 78.5. The maximum absolute atomic E-state index is 13.9. The molecular weight excluding hydrogens is 927 g/mol. The second kappa shape index (κ2) is 21.0. The number of nitrogens with two attached hydrogens (primary N) is 1. The molecule has 1 fully saturated rings. The molecule has 0 spiro atoms. The molecule has 1 saturated heterocycles. The maximum Gasteiger partial charge on any atom is 0.410 e. The van der Waals surface area contributed by atoms with Gasteiger partial charge in [0, 0.05) is 57.9 Å². The summed E-state index contributed by atoms with van der Waals surface area (Å²) in [6.45, 7) is 19.9. The van der Waals surface area contributed by atoms with Crippen LogP contribution in [0.1, 0.15) is 102 Å². The molecule has 0 bridgehead atoms. The minimum atomic E-state index is -1.18. The molecule has 4 amide bonds. The number of aryl methyl sites for hydroxylation is 4. The highest BCUT2D eigenvalue weighted by atomic mass is 16.6. The number of aromatic carboxylic acids is 1. The Balaban J connectivity index is 1.22. The summed E-state index contributed by atoms with van der Waals surface area (Å²) in [5, 5.41) is 24.5. The molecule has 0 aliphatic carbocycles. The van der Waals surface area contributed by atoms with E-state index in [9.17, 15) is 29.1 Å². The first-order valence-electron chi connectivity index (χ1n) is 23.5. The number of amides is 4. The Kier molecular flexibility index (Phi) is 15.1. The van der Waals surface area contributed by atoms with Gasteiger partial charge in [0.15, 0.2) is 0 Å². The summed E-state index contributed by atoms with van der Waals surface area (Å²) in [5.41, 5.74) is 8.02. The van der Waals surface area contributed by atoms with Crippen molar-refractivity contribution >= 4 is 63.7 Å². The van der Waals surface area contributed by atoms with Gasteiger partial charge in [-0.15, -0.1) is 0 Å². The number of carboxylic acid groups (broad SMARTS) is 1. The first-order valence-corrected chi connectivity index (χ1v) is 23.5. The number of anilines is 2. The number of allylic oxidation sites excluding steroid dienone is 2. The Hall–Kier alpha value is -8.19. The SMILES string of the molecule is CCn1nc(C)cc1C(=O)Nc1nc2cc(C(=O)O)cc(OC)c2n1C/C=C/Cn1c(NC(=O)c2cc(C)nn2CC)nc2cc(C(N)=O)cc(OCC#CC(C)(C)N3CCN(C(=O)OC(C)(C)C)CC3)c21. The highest BCUT2D eigenvalue weighted by Gasteiger charge is 2.32. The van der Waals surface area contributed by atoms with E-state index in [0.29, 0.717) is 78.6 Å². The number of nitrogens with zero attached hydrogens (tertiary/aromatic N) is 10.